The van der Waals surface area contributed by atoms with Gasteiger partial charge in [-0.05, 0) is 0 Å². The van der Waals surface area contributed by atoms with E-state index in [1.807, 2.05) is 0 Å². The summed E-state index contributed by atoms with van der Waals surface area (Å²) in [5, 5.41) is 0. The number of halogens is 3. The van der Waals surface area contributed by atoms with Crippen molar-refractivity contribution in [1.29, 1.82) is 0 Å². The number of rotatable bonds is 0. The molecular formula is AlCl3O12. The summed E-state index contributed by atoms with van der Waals surface area (Å²) in [5.74, 6) is 0. The number of hydrogen-bond acceptors (Lipinski definition) is 12. The van der Waals surface area contributed by atoms with E-state index in [1.165, 1.54) is 0 Å². The molecule has 12 nitrogen and oxygen atoms in total. The largest absolute Gasteiger partial charge is 3.00 e. The first-order valence-corrected chi connectivity index (χ1v) is 5.55. The smallest absolute Gasteiger partial charge is 0.222 e. The average Bonchev–Trinajstić information content (AvgIpc) is 1.41. The van der Waals surface area contributed by atoms with E-state index < -0.39 is 30.7 Å². The molecule has 0 fully saturated rings. The van der Waals surface area contributed by atoms with E-state index in [0.29, 0.717) is 0 Å². The zero-order chi connectivity index (χ0) is 13.5. The Balaban J connectivity index is -0.0000000655. The van der Waals surface area contributed by atoms with Gasteiger partial charge in [0.05, 0.1) is 0 Å². The molecule has 0 atom stereocenters. The normalized spacial score (nSPS) is 11.2. The summed E-state index contributed by atoms with van der Waals surface area (Å²) in [6.07, 6.45) is 0. The van der Waals surface area contributed by atoms with Gasteiger partial charge in [-0.15, -0.1) is 30.7 Å². The molecule has 0 aliphatic heterocycles. The van der Waals surface area contributed by atoms with E-state index >= 15 is 0 Å². The van der Waals surface area contributed by atoms with Gasteiger partial charge in [0.25, 0.3) is 0 Å². The van der Waals surface area contributed by atoms with Crippen molar-refractivity contribution in [1.82, 2.24) is 0 Å². The Labute approximate surface area is 104 Å². The summed E-state index contributed by atoms with van der Waals surface area (Å²) in [6, 6.07) is 0. The second-order valence-corrected chi connectivity index (χ2v) is 3.40. The van der Waals surface area contributed by atoms with Gasteiger partial charge in [0.1, 0.15) is 0 Å². The fourth-order valence-corrected chi connectivity index (χ4v) is 0. The number of hydrogen-bond donors (Lipinski definition) is 0. The predicted octanol–water partition coefficient (Wildman–Crippen LogP) is -14.6. The summed E-state index contributed by atoms with van der Waals surface area (Å²) >= 11 is 0. The fraction of sp³-hybridized carbons (Fsp3) is 0. The van der Waals surface area contributed by atoms with Crippen LogP contribution in [-0.2, 0) is 0 Å². The standard InChI is InChI=1S/Al.3ClHO4/c;3*2-1(3,4)5/h;3*(H,2,3,4,5)/q+3;;;/p-3. The molecule has 0 heterocycles. The predicted molar refractivity (Wildman–Crippen MR) is 5.75 cm³/mol. The van der Waals surface area contributed by atoms with Gasteiger partial charge >= 0.3 is 17.4 Å². The van der Waals surface area contributed by atoms with Crippen LogP contribution in [-0.4, -0.2) is 17.4 Å². The van der Waals surface area contributed by atoms with Crippen LogP contribution in [0.15, 0.2) is 0 Å². The van der Waals surface area contributed by atoms with Crippen LogP contribution in [0.5, 0.6) is 0 Å². The molecule has 0 radical (unpaired) electrons. The summed E-state index contributed by atoms with van der Waals surface area (Å²) in [6.45, 7) is 0. The third-order valence-corrected chi connectivity index (χ3v) is 0. The van der Waals surface area contributed by atoms with Gasteiger partial charge in [-0.3, -0.25) is 0 Å². The third-order valence-electron chi connectivity index (χ3n) is 0. The van der Waals surface area contributed by atoms with Crippen molar-refractivity contribution in [2.75, 3.05) is 0 Å². The summed E-state index contributed by atoms with van der Waals surface area (Å²) < 4.78 is 102. The van der Waals surface area contributed by atoms with Crippen LogP contribution in [0.3, 0.4) is 0 Å². The quantitative estimate of drug-likeness (QED) is 0.375. The minimum Gasteiger partial charge on any atom is -0.222 e. The van der Waals surface area contributed by atoms with Crippen molar-refractivity contribution in [2.45, 2.75) is 0 Å². The molecule has 16 heteroatoms. The van der Waals surface area contributed by atoms with Gasteiger partial charge in [0, 0.05) is 0 Å². The Morgan fingerprint density at radius 3 is 0.312 bits per heavy atom. The van der Waals surface area contributed by atoms with E-state index in [9.17, 15) is 0 Å². The molecule has 0 aliphatic rings. The maximum absolute atomic E-state index is 8.49. The Kier molecular flexibility index (Phi) is 15.9. The maximum Gasteiger partial charge on any atom is 3.00 e. The molecule has 0 aromatic rings. The zero-order valence-corrected chi connectivity index (χ0v) is 10.0. The van der Waals surface area contributed by atoms with Crippen molar-refractivity contribution in [3.8, 4) is 0 Å². The first-order valence-electron chi connectivity index (χ1n) is 1.85. The first kappa shape index (κ1) is 25.7. The molecule has 0 amide bonds. The molecule has 0 unspecified atom stereocenters. The van der Waals surface area contributed by atoms with Crippen LogP contribution in [0.2, 0.25) is 0 Å². The Bertz CT molecular complexity index is 91.3. The van der Waals surface area contributed by atoms with Crippen LogP contribution in [0, 0.1) is 30.7 Å². The molecule has 96 valence electrons. The van der Waals surface area contributed by atoms with E-state index in [1.54, 1.807) is 0 Å². The van der Waals surface area contributed by atoms with Gasteiger partial charge in [-0.25, -0.2) is 55.9 Å². The van der Waals surface area contributed by atoms with Crippen LogP contribution >= 0.6 is 0 Å². The Hall–Kier alpha value is 0.922. The zero-order valence-electron chi connectivity index (χ0n) is 6.61. The minimum absolute atomic E-state index is 0. The van der Waals surface area contributed by atoms with E-state index in [0.717, 1.165) is 0 Å². The Morgan fingerprint density at radius 2 is 0.312 bits per heavy atom. The Morgan fingerprint density at radius 1 is 0.312 bits per heavy atom. The molecule has 0 aliphatic carbocycles. The summed E-state index contributed by atoms with van der Waals surface area (Å²) in [5.41, 5.74) is 0. The van der Waals surface area contributed by atoms with Crippen molar-refractivity contribution >= 4 is 17.4 Å². The topological polar surface area (TPSA) is 277 Å². The van der Waals surface area contributed by atoms with Crippen LogP contribution in [0.4, 0.5) is 0 Å². The van der Waals surface area contributed by atoms with E-state index in [2.05, 4.69) is 0 Å². The fourth-order valence-electron chi connectivity index (χ4n) is 0. The molecular weight excluding hydrogens is 325 g/mol. The summed E-state index contributed by atoms with van der Waals surface area (Å²) in [7, 11) is -14.8. The van der Waals surface area contributed by atoms with Gasteiger partial charge in [-0.2, -0.15) is 0 Å². The molecule has 0 N–H and O–H groups in total. The van der Waals surface area contributed by atoms with Gasteiger partial charge in [0.15, 0.2) is 0 Å². The van der Waals surface area contributed by atoms with Crippen molar-refractivity contribution in [3.05, 3.63) is 0 Å². The molecule has 0 aromatic heterocycles. The minimum atomic E-state index is -4.94. The second-order valence-electron chi connectivity index (χ2n) is 1.13. The summed E-state index contributed by atoms with van der Waals surface area (Å²) in [4.78, 5) is 0. The molecule has 16 heavy (non-hydrogen) atoms. The average molecular weight is 325 g/mol. The molecule has 0 bridgehead atoms. The van der Waals surface area contributed by atoms with Gasteiger partial charge in [0.2, 0.25) is 0 Å². The van der Waals surface area contributed by atoms with Crippen LogP contribution in [0.25, 0.3) is 0 Å². The maximum atomic E-state index is 8.49. The first-order chi connectivity index (χ1) is 6.00. The van der Waals surface area contributed by atoms with Gasteiger partial charge < -0.3 is 0 Å². The molecule has 0 aromatic carbocycles. The van der Waals surface area contributed by atoms with E-state index in [4.69, 9.17) is 55.9 Å². The van der Waals surface area contributed by atoms with Crippen molar-refractivity contribution in [2.24, 2.45) is 0 Å². The molecule has 0 saturated carbocycles. The van der Waals surface area contributed by atoms with Crippen LogP contribution < -0.4 is 55.9 Å². The van der Waals surface area contributed by atoms with Crippen molar-refractivity contribution in [3.63, 3.8) is 0 Å². The molecule has 0 rings (SSSR count). The third kappa shape index (κ3) is 3400. The van der Waals surface area contributed by atoms with Gasteiger partial charge in [-0.1, -0.05) is 0 Å². The molecule has 0 saturated heterocycles. The van der Waals surface area contributed by atoms with Crippen LogP contribution in [0.1, 0.15) is 0 Å². The molecule has 0 spiro atoms. The van der Waals surface area contributed by atoms with Crippen molar-refractivity contribution < 1.29 is 86.6 Å². The second kappa shape index (κ2) is 9.90. The van der Waals surface area contributed by atoms with E-state index in [-0.39, 0.29) is 17.4 Å². The monoisotopic (exact) mass is 324 g/mol. The SMILES string of the molecule is [Al+3].[O-][Cl+3]([O-])([O-])[O-].[O-][Cl+3]([O-])([O-])[O-].[O-][Cl+3]([O-])([O-])[O-].